The molecule has 1 atom stereocenters. The Labute approximate surface area is 186 Å². The van der Waals surface area contributed by atoms with Gasteiger partial charge in [-0.05, 0) is 42.3 Å². The van der Waals surface area contributed by atoms with Gasteiger partial charge < -0.3 is 20.1 Å². The van der Waals surface area contributed by atoms with Gasteiger partial charge in [0.25, 0.3) is 5.91 Å². The van der Waals surface area contributed by atoms with Crippen LogP contribution in [0.5, 0.6) is 5.75 Å². The first-order valence-electron chi connectivity index (χ1n) is 10.6. The molecular formula is C24H27N3O5. The van der Waals surface area contributed by atoms with E-state index in [1.54, 1.807) is 12.1 Å². The number of carbonyl (C=O) groups is 3. The highest BCUT2D eigenvalue weighted by molar-refractivity contribution is 6.01. The number of hydrogen-bond donors (Lipinski definition) is 1. The zero-order valence-corrected chi connectivity index (χ0v) is 18.3. The molecule has 0 saturated carbocycles. The predicted octanol–water partition coefficient (Wildman–Crippen LogP) is 1.97. The number of methoxy groups -OCH3 is 1. The zero-order chi connectivity index (χ0) is 22.8. The van der Waals surface area contributed by atoms with Gasteiger partial charge in [0.2, 0.25) is 5.91 Å². The quantitative estimate of drug-likeness (QED) is 0.634. The maximum Gasteiger partial charge on any atom is 0.305 e. The first-order valence-corrected chi connectivity index (χ1v) is 10.6. The number of nitrogens with two attached hydrogens (primary N) is 1. The SMILES string of the molecule is COC(=O)CCC(C(N)=O)N1Cc2c(OCc3ccc4c(c3)CN(C)C4)cccc2C1=O. The van der Waals surface area contributed by atoms with Gasteiger partial charge in [-0.1, -0.05) is 24.3 Å². The molecular weight excluding hydrogens is 410 g/mol. The topological polar surface area (TPSA) is 102 Å². The fourth-order valence-electron chi connectivity index (χ4n) is 4.39. The molecule has 2 aromatic carbocycles. The van der Waals surface area contributed by atoms with Crippen molar-refractivity contribution in [2.45, 2.75) is 45.1 Å². The van der Waals surface area contributed by atoms with Crippen LogP contribution in [0.25, 0.3) is 0 Å². The standard InChI is InChI=1S/C24H27N3O5/c1-26-11-16-7-6-15(10-17(16)12-26)14-32-21-5-3-4-18-19(21)13-27(24(18)30)20(23(25)29)8-9-22(28)31-2/h3-7,10,20H,8-9,11-14H2,1-2H3,(H2,25,29). The van der Waals surface area contributed by atoms with E-state index in [0.29, 0.717) is 17.9 Å². The molecule has 2 heterocycles. The van der Waals surface area contributed by atoms with Gasteiger partial charge in [0.1, 0.15) is 18.4 Å². The van der Waals surface area contributed by atoms with Crippen molar-refractivity contribution in [1.29, 1.82) is 0 Å². The van der Waals surface area contributed by atoms with Crippen LogP contribution in [-0.4, -0.2) is 47.8 Å². The van der Waals surface area contributed by atoms with Crippen molar-refractivity contribution in [3.63, 3.8) is 0 Å². The summed E-state index contributed by atoms with van der Waals surface area (Å²) in [7, 11) is 3.37. The first kappa shape index (κ1) is 21.8. The lowest BCUT2D eigenvalue weighted by molar-refractivity contribution is -0.141. The summed E-state index contributed by atoms with van der Waals surface area (Å²) in [5.41, 5.74) is 10.5. The average molecular weight is 437 g/mol. The summed E-state index contributed by atoms with van der Waals surface area (Å²) in [5.74, 6) is -0.794. The monoisotopic (exact) mass is 437 g/mol. The highest BCUT2D eigenvalue weighted by Gasteiger charge is 2.37. The summed E-state index contributed by atoms with van der Waals surface area (Å²) in [4.78, 5) is 40.2. The van der Waals surface area contributed by atoms with Crippen LogP contribution in [0, 0.1) is 0 Å². The number of amides is 2. The van der Waals surface area contributed by atoms with Gasteiger partial charge in [-0.2, -0.15) is 0 Å². The number of hydrogen-bond acceptors (Lipinski definition) is 6. The highest BCUT2D eigenvalue weighted by Crippen LogP contribution is 2.33. The molecule has 8 nitrogen and oxygen atoms in total. The number of rotatable bonds is 8. The van der Waals surface area contributed by atoms with Crippen molar-refractivity contribution in [2.24, 2.45) is 5.73 Å². The summed E-state index contributed by atoms with van der Waals surface area (Å²) < 4.78 is 10.7. The van der Waals surface area contributed by atoms with Gasteiger partial charge in [0.15, 0.2) is 0 Å². The summed E-state index contributed by atoms with van der Waals surface area (Å²) in [6, 6.07) is 10.8. The van der Waals surface area contributed by atoms with Gasteiger partial charge >= 0.3 is 5.97 Å². The van der Waals surface area contributed by atoms with Crippen LogP contribution in [-0.2, 0) is 40.6 Å². The molecule has 0 radical (unpaired) electrons. The summed E-state index contributed by atoms with van der Waals surface area (Å²) in [5, 5.41) is 0. The van der Waals surface area contributed by atoms with Gasteiger partial charge in [0, 0.05) is 30.6 Å². The number of nitrogens with zero attached hydrogens (tertiary/aromatic N) is 2. The maximum atomic E-state index is 13.0. The van der Waals surface area contributed by atoms with Crippen molar-refractivity contribution in [2.75, 3.05) is 14.2 Å². The highest BCUT2D eigenvalue weighted by atomic mass is 16.5. The fraction of sp³-hybridized carbons (Fsp3) is 0.375. The molecule has 2 N–H and O–H groups in total. The van der Waals surface area contributed by atoms with Gasteiger partial charge in [0.05, 0.1) is 13.7 Å². The lowest BCUT2D eigenvalue weighted by atomic mass is 10.1. The van der Waals surface area contributed by atoms with Crippen molar-refractivity contribution >= 4 is 17.8 Å². The Bertz CT molecular complexity index is 1070. The number of ether oxygens (including phenoxy) is 2. The average Bonchev–Trinajstić information content (AvgIpc) is 3.31. The number of esters is 1. The van der Waals surface area contributed by atoms with Crippen LogP contribution in [0.4, 0.5) is 0 Å². The molecule has 32 heavy (non-hydrogen) atoms. The lowest BCUT2D eigenvalue weighted by Crippen LogP contribution is -2.45. The smallest absolute Gasteiger partial charge is 0.305 e. The fourth-order valence-corrected chi connectivity index (χ4v) is 4.39. The molecule has 0 saturated heterocycles. The van der Waals surface area contributed by atoms with Crippen LogP contribution >= 0.6 is 0 Å². The van der Waals surface area contributed by atoms with Crippen LogP contribution in [0.15, 0.2) is 36.4 Å². The second-order valence-electron chi connectivity index (χ2n) is 8.31. The molecule has 4 rings (SSSR count). The Balaban J connectivity index is 1.49. The van der Waals surface area contributed by atoms with E-state index in [9.17, 15) is 14.4 Å². The molecule has 2 amide bonds. The van der Waals surface area contributed by atoms with Gasteiger partial charge in [-0.15, -0.1) is 0 Å². The Hall–Kier alpha value is -3.39. The number of fused-ring (bicyclic) bond motifs is 2. The molecule has 8 heteroatoms. The normalized spacial score (nSPS) is 15.9. The minimum Gasteiger partial charge on any atom is -0.489 e. The molecule has 168 valence electrons. The molecule has 0 aromatic heterocycles. The second kappa shape index (κ2) is 9.00. The molecule has 0 spiro atoms. The third kappa shape index (κ3) is 4.31. The molecule has 2 aliphatic heterocycles. The van der Waals surface area contributed by atoms with Crippen LogP contribution in [0.1, 0.15) is 45.5 Å². The van der Waals surface area contributed by atoms with Crippen LogP contribution < -0.4 is 10.5 Å². The van der Waals surface area contributed by atoms with Gasteiger partial charge in [-0.3, -0.25) is 19.3 Å². The van der Waals surface area contributed by atoms with E-state index in [2.05, 4.69) is 34.9 Å². The third-order valence-electron chi connectivity index (χ3n) is 6.05. The molecule has 0 aliphatic carbocycles. The largest absolute Gasteiger partial charge is 0.489 e. The van der Waals surface area contributed by atoms with E-state index >= 15 is 0 Å². The van der Waals surface area contributed by atoms with Crippen LogP contribution in [0.2, 0.25) is 0 Å². The Morgan fingerprint density at radius 3 is 2.66 bits per heavy atom. The minimum atomic E-state index is -0.893. The molecule has 0 fully saturated rings. The summed E-state index contributed by atoms with van der Waals surface area (Å²) in [6.45, 7) is 2.46. The molecule has 0 bridgehead atoms. The lowest BCUT2D eigenvalue weighted by Gasteiger charge is -2.24. The van der Waals surface area contributed by atoms with E-state index < -0.39 is 17.9 Å². The maximum absolute atomic E-state index is 13.0. The Morgan fingerprint density at radius 2 is 1.91 bits per heavy atom. The predicted molar refractivity (Wildman–Crippen MR) is 116 cm³/mol. The van der Waals surface area contributed by atoms with E-state index in [4.69, 9.17) is 10.5 Å². The zero-order valence-electron chi connectivity index (χ0n) is 18.3. The van der Waals surface area contributed by atoms with Crippen molar-refractivity contribution in [3.05, 3.63) is 64.2 Å². The molecule has 2 aromatic rings. The van der Waals surface area contributed by atoms with Crippen LogP contribution in [0.3, 0.4) is 0 Å². The number of benzene rings is 2. The first-order chi connectivity index (χ1) is 15.4. The molecule has 1 unspecified atom stereocenters. The minimum absolute atomic E-state index is 0.00110. The summed E-state index contributed by atoms with van der Waals surface area (Å²) >= 11 is 0. The van der Waals surface area contributed by atoms with E-state index in [1.807, 2.05) is 6.07 Å². The van der Waals surface area contributed by atoms with E-state index in [0.717, 1.165) is 24.2 Å². The van der Waals surface area contributed by atoms with Crippen molar-refractivity contribution in [3.8, 4) is 5.75 Å². The van der Waals surface area contributed by atoms with E-state index in [-0.39, 0.29) is 25.3 Å². The van der Waals surface area contributed by atoms with Gasteiger partial charge in [-0.25, -0.2) is 0 Å². The van der Waals surface area contributed by atoms with Crippen molar-refractivity contribution in [1.82, 2.24) is 9.80 Å². The van der Waals surface area contributed by atoms with E-state index in [1.165, 1.54) is 23.1 Å². The Kier molecular flexibility index (Phi) is 6.14. The number of primary amides is 1. The molecule has 2 aliphatic rings. The number of carbonyl (C=O) groups excluding carboxylic acids is 3. The summed E-state index contributed by atoms with van der Waals surface area (Å²) in [6.07, 6.45) is 0.114. The van der Waals surface area contributed by atoms with Crippen molar-refractivity contribution < 1.29 is 23.9 Å². The second-order valence-corrected chi connectivity index (χ2v) is 8.31. The Morgan fingerprint density at radius 1 is 1.12 bits per heavy atom. The third-order valence-corrected chi connectivity index (χ3v) is 6.05.